The van der Waals surface area contributed by atoms with Gasteiger partial charge < -0.3 is 0 Å². The van der Waals surface area contributed by atoms with Crippen molar-refractivity contribution >= 4 is 40.4 Å². The summed E-state index contributed by atoms with van der Waals surface area (Å²) in [6.45, 7) is 0. The highest BCUT2D eigenvalue weighted by molar-refractivity contribution is 6.57. The summed E-state index contributed by atoms with van der Waals surface area (Å²) >= 11 is 0. The Hall–Kier alpha value is -4.33. The quantitative estimate of drug-likeness (QED) is 0.229. The summed E-state index contributed by atoms with van der Waals surface area (Å²) in [5, 5.41) is 11.8. The van der Waals surface area contributed by atoms with E-state index in [2.05, 4.69) is 4.90 Å². The molecular weight excluding hydrogens is 512 g/mol. The highest BCUT2D eigenvalue weighted by Crippen LogP contribution is 2.35. The van der Waals surface area contributed by atoms with E-state index in [0.29, 0.717) is 11.5 Å². The molecule has 0 radical (unpaired) electrons. The Morgan fingerprint density at radius 3 is 1.88 bits per heavy atom. The molecule has 6 rings (SSSR count). The van der Waals surface area contributed by atoms with Crippen molar-refractivity contribution in [2.45, 2.75) is 76.3 Å². The normalized spacial score (nSPS) is 21.7. The molecule has 8 heteroatoms. The largest absolute Gasteiger partial charge is 0.290 e. The van der Waals surface area contributed by atoms with Gasteiger partial charge in [-0.1, -0.05) is 81.0 Å². The lowest BCUT2D eigenvalue weighted by molar-refractivity contribution is -0.384. The van der Waals surface area contributed by atoms with Gasteiger partial charge in [0, 0.05) is 18.2 Å². The molecule has 0 bridgehead atoms. The summed E-state index contributed by atoms with van der Waals surface area (Å²) < 4.78 is 0. The number of aliphatic imine (C=N–C) groups is 3. The first kappa shape index (κ1) is 26.9. The van der Waals surface area contributed by atoms with Crippen LogP contribution < -0.4 is 4.90 Å². The molecule has 2 aliphatic carbocycles. The lowest BCUT2D eigenvalue weighted by Gasteiger charge is -2.33. The third-order valence-electron chi connectivity index (χ3n) is 8.15. The van der Waals surface area contributed by atoms with E-state index in [4.69, 9.17) is 15.0 Å². The number of nitro benzene ring substituents is 1. The number of non-ortho nitro benzene ring substituents is 1. The minimum Gasteiger partial charge on any atom is -0.290 e. The van der Waals surface area contributed by atoms with Gasteiger partial charge in [-0.25, -0.2) is 15.0 Å². The van der Waals surface area contributed by atoms with Crippen LogP contribution in [0.1, 0.15) is 64.2 Å². The van der Waals surface area contributed by atoms with Crippen LogP contribution in [0, 0.1) is 10.1 Å². The van der Waals surface area contributed by atoms with E-state index >= 15 is 0 Å². The third kappa shape index (κ3) is 6.06. The van der Waals surface area contributed by atoms with E-state index in [1.54, 1.807) is 12.1 Å². The number of amidine groups is 2. The van der Waals surface area contributed by atoms with Gasteiger partial charge in [-0.15, -0.1) is 0 Å². The van der Waals surface area contributed by atoms with Crippen LogP contribution in [0.4, 0.5) is 22.7 Å². The molecule has 0 unspecified atom stereocenters. The third-order valence-corrected chi connectivity index (χ3v) is 8.15. The maximum absolute atomic E-state index is 11.8. The Morgan fingerprint density at radius 2 is 1.27 bits per heavy atom. The summed E-state index contributed by atoms with van der Waals surface area (Å²) in [5.41, 5.74) is 2.34. The van der Waals surface area contributed by atoms with Crippen molar-refractivity contribution in [2.75, 3.05) is 4.90 Å². The second kappa shape index (κ2) is 12.5. The van der Waals surface area contributed by atoms with E-state index < -0.39 is 0 Å². The topological polar surface area (TPSA) is 86.7 Å². The molecule has 3 aliphatic rings. The van der Waals surface area contributed by atoms with Gasteiger partial charge in [-0.05, 0) is 56.0 Å². The predicted octanol–water partition coefficient (Wildman–Crippen LogP) is 8.20. The number of hydrogen-bond donors (Lipinski definition) is 0. The highest BCUT2D eigenvalue weighted by atomic mass is 16.6. The number of nitrogens with zero attached hydrogens (tertiary/aromatic N) is 6. The van der Waals surface area contributed by atoms with Crippen LogP contribution in [0.2, 0.25) is 0 Å². The van der Waals surface area contributed by atoms with Crippen LogP contribution in [-0.4, -0.2) is 39.5 Å². The smallest absolute Gasteiger partial charge is 0.271 e. The fourth-order valence-electron chi connectivity index (χ4n) is 6.11. The van der Waals surface area contributed by atoms with E-state index in [1.807, 2.05) is 71.6 Å². The fourth-order valence-corrected chi connectivity index (χ4v) is 6.11. The van der Waals surface area contributed by atoms with Crippen molar-refractivity contribution in [1.82, 2.24) is 4.90 Å². The molecule has 0 amide bonds. The van der Waals surface area contributed by atoms with Gasteiger partial charge in [-0.3, -0.25) is 19.9 Å². The van der Waals surface area contributed by atoms with Crippen molar-refractivity contribution < 1.29 is 4.92 Å². The zero-order valence-corrected chi connectivity index (χ0v) is 23.3. The Labute approximate surface area is 241 Å². The molecule has 3 aromatic carbocycles. The molecule has 41 heavy (non-hydrogen) atoms. The van der Waals surface area contributed by atoms with Gasteiger partial charge in [0.05, 0.1) is 28.0 Å². The number of nitro groups is 1. The molecule has 0 aromatic heterocycles. The van der Waals surface area contributed by atoms with Crippen molar-refractivity contribution in [1.29, 1.82) is 0 Å². The number of hydrogen-bond acceptors (Lipinski definition) is 5. The minimum atomic E-state index is -0.344. The zero-order chi connectivity index (χ0) is 28.0. The van der Waals surface area contributed by atoms with Gasteiger partial charge in [0.2, 0.25) is 5.96 Å². The molecule has 3 aromatic rings. The number of para-hydroxylation sites is 2. The van der Waals surface area contributed by atoms with E-state index in [1.165, 1.54) is 18.9 Å². The first-order chi connectivity index (χ1) is 20.2. The van der Waals surface area contributed by atoms with Gasteiger partial charge >= 0.3 is 0 Å². The standard InChI is InChI=1S/C33H36N6O2/c40-39(41)30-23-13-22-29(24-30)38-32(35-26-16-7-2-8-17-26)31(34-25-14-5-1-6-15-25)37(28-20-11-4-12-21-28)33(38)36-27-18-9-3-10-19-27/h1-2,5-8,13-17,22-24,27-28H,3-4,9-12,18-21H2. The van der Waals surface area contributed by atoms with Gasteiger partial charge in [0.15, 0.2) is 11.7 Å². The van der Waals surface area contributed by atoms with Crippen LogP contribution in [0.25, 0.3) is 0 Å². The van der Waals surface area contributed by atoms with E-state index in [-0.39, 0.29) is 22.7 Å². The second-order valence-electron chi connectivity index (χ2n) is 11.0. The molecule has 1 aliphatic heterocycles. The van der Waals surface area contributed by atoms with Crippen molar-refractivity contribution in [3.63, 3.8) is 0 Å². The molecule has 1 saturated heterocycles. The molecule has 0 N–H and O–H groups in total. The van der Waals surface area contributed by atoms with Crippen LogP contribution in [0.15, 0.2) is 99.9 Å². The molecule has 1 heterocycles. The minimum absolute atomic E-state index is 0.0382. The predicted molar refractivity (Wildman–Crippen MR) is 166 cm³/mol. The fraction of sp³-hybridized carbons (Fsp3) is 0.364. The number of rotatable bonds is 6. The highest BCUT2D eigenvalue weighted by Gasteiger charge is 2.44. The van der Waals surface area contributed by atoms with Gasteiger partial charge in [0.25, 0.3) is 5.69 Å². The summed E-state index contributed by atoms with van der Waals surface area (Å²) in [7, 11) is 0. The Bertz CT molecular complexity index is 1440. The van der Waals surface area contributed by atoms with Crippen LogP contribution >= 0.6 is 0 Å². The Balaban J connectivity index is 1.61. The van der Waals surface area contributed by atoms with Crippen molar-refractivity contribution in [3.05, 3.63) is 95.0 Å². The second-order valence-corrected chi connectivity index (χ2v) is 11.0. The average Bonchev–Trinajstić information content (AvgIpc) is 3.30. The average molecular weight is 549 g/mol. The van der Waals surface area contributed by atoms with Crippen LogP contribution in [0.3, 0.4) is 0 Å². The van der Waals surface area contributed by atoms with Crippen molar-refractivity contribution in [3.8, 4) is 0 Å². The van der Waals surface area contributed by atoms with Gasteiger partial charge in [0.1, 0.15) is 0 Å². The maximum atomic E-state index is 11.8. The molecule has 0 spiro atoms. The molecule has 8 nitrogen and oxygen atoms in total. The molecule has 2 saturated carbocycles. The molecule has 3 fully saturated rings. The number of guanidine groups is 1. The van der Waals surface area contributed by atoms with Crippen LogP contribution in [0.5, 0.6) is 0 Å². The van der Waals surface area contributed by atoms with Crippen LogP contribution in [-0.2, 0) is 0 Å². The lowest BCUT2D eigenvalue weighted by atomic mass is 9.94. The Morgan fingerprint density at radius 1 is 0.683 bits per heavy atom. The van der Waals surface area contributed by atoms with E-state index in [9.17, 15) is 10.1 Å². The summed E-state index contributed by atoms with van der Waals surface area (Å²) in [5.74, 6) is 2.17. The summed E-state index contributed by atoms with van der Waals surface area (Å²) in [4.78, 5) is 31.7. The van der Waals surface area contributed by atoms with E-state index in [0.717, 1.165) is 74.5 Å². The first-order valence-corrected chi connectivity index (χ1v) is 14.9. The molecule has 210 valence electrons. The zero-order valence-electron chi connectivity index (χ0n) is 23.3. The summed E-state index contributed by atoms with van der Waals surface area (Å²) in [6, 6.07) is 27.0. The SMILES string of the molecule is O=[N+]([O-])c1cccc(N2C(=Nc3ccccc3)C(=Nc3ccccc3)N(C3CCCCC3)C2=NC2CCCCC2)c1. The number of anilines is 1. The summed E-state index contributed by atoms with van der Waals surface area (Å²) in [6.07, 6.45) is 11.3. The maximum Gasteiger partial charge on any atom is 0.271 e. The molecular formula is C33H36N6O2. The van der Waals surface area contributed by atoms with Gasteiger partial charge in [-0.2, -0.15) is 0 Å². The first-order valence-electron chi connectivity index (χ1n) is 14.9. The monoisotopic (exact) mass is 548 g/mol. The molecule has 0 atom stereocenters. The van der Waals surface area contributed by atoms with Crippen molar-refractivity contribution in [2.24, 2.45) is 15.0 Å². The Kier molecular flexibility index (Phi) is 8.16. The number of benzene rings is 3. The lowest BCUT2D eigenvalue weighted by Crippen LogP contribution is -2.44.